The van der Waals surface area contributed by atoms with Gasteiger partial charge < -0.3 is 40.2 Å². The van der Waals surface area contributed by atoms with Gasteiger partial charge >= 0.3 is 12.2 Å². The van der Waals surface area contributed by atoms with Crippen LogP contribution in [0.25, 0.3) is 11.3 Å². The van der Waals surface area contributed by atoms with Gasteiger partial charge in [0.25, 0.3) is 0 Å². The zero-order valence-electron chi connectivity index (χ0n) is 33.1. The smallest absolute Gasteiger partial charge is 0.407 e. The van der Waals surface area contributed by atoms with Crippen LogP contribution in [0.4, 0.5) is 9.59 Å². The van der Waals surface area contributed by atoms with Crippen LogP contribution >= 0.6 is 0 Å². The second kappa shape index (κ2) is 17.1. The number of nitrogens with one attached hydrogen (secondary N) is 4. The quantitative estimate of drug-likeness (QED) is 0.213. The van der Waals surface area contributed by atoms with Crippen molar-refractivity contribution in [1.29, 1.82) is 0 Å². The number of hydrogen-bond donors (Lipinski definition) is 4. The van der Waals surface area contributed by atoms with E-state index in [0.717, 1.165) is 84.7 Å². The second-order valence-corrected chi connectivity index (χ2v) is 15.5. The number of aromatic nitrogens is 2. The molecule has 14 nitrogen and oxygen atoms in total. The summed E-state index contributed by atoms with van der Waals surface area (Å²) in [6.07, 6.45) is 12.8. The number of H-pyrrole nitrogens is 1. The Morgan fingerprint density at radius 1 is 0.982 bits per heavy atom. The number of amides is 4. The first-order valence-corrected chi connectivity index (χ1v) is 20.0. The number of aliphatic imine (C=N–C) groups is 1. The molecule has 0 bridgehead atoms. The highest BCUT2D eigenvalue weighted by Crippen LogP contribution is 2.37. The van der Waals surface area contributed by atoms with Crippen LogP contribution in [-0.2, 0) is 31.9 Å². The van der Waals surface area contributed by atoms with Gasteiger partial charge in [-0.1, -0.05) is 43.9 Å². The molecule has 3 aliphatic heterocycles. The summed E-state index contributed by atoms with van der Waals surface area (Å²) in [6.45, 7) is 8.76. The van der Waals surface area contributed by atoms with Crippen LogP contribution in [0.2, 0.25) is 0 Å². The number of benzene rings is 1. The summed E-state index contributed by atoms with van der Waals surface area (Å²) in [5.41, 5.74) is 6.08. The van der Waals surface area contributed by atoms with Crippen molar-refractivity contribution in [3.63, 3.8) is 0 Å². The van der Waals surface area contributed by atoms with Gasteiger partial charge in [0.15, 0.2) is 0 Å². The molecule has 4 unspecified atom stereocenters. The Labute approximate surface area is 333 Å². The first-order chi connectivity index (χ1) is 27.6. The molecular formula is C43H52N8O6. The maximum atomic E-state index is 13.7. The Hall–Kier alpha value is -5.84. The van der Waals surface area contributed by atoms with E-state index in [0.29, 0.717) is 19.5 Å². The van der Waals surface area contributed by atoms with Gasteiger partial charge in [0.05, 0.1) is 44.1 Å². The molecule has 6 atom stereocenters. The lowest BCUT2D eigenvalue weighted by atomic mass is 9.98. The molecular weight excluding hydrogens is 725 g/mol. The zero-order chi connectivity index (χ0) is 40.2. The van der Waals surface area contributed by atoms with Crippen molar-refractivity contribution in [2.75, 3.05) is 27.3 Å². The normalized spacial score (nSPS) is 23.0. The van der Waals surface area contributed by atoms with E-state index in [-0.39, 0.29) is 41.9 Å². The molecule has 2 aliphatic carbocycles. The molecule has 2 saturated heterocycles. The Morgan fingerprint density at radius 3 is 2.46 bits per heavy atom. The van der Waals surface area contributed by atoms with Gasteiger partial charge in [-0.15, -0.1) is 6.58 Å². The van der Waals surface area contributed by atoms with Gasteiger partial charge in [0.1, 0.15) is 23.7 Å². The summed E-state index contributed by atoms with van der Waals surface area (Å²) in [6, 6.07) is 4.29. The number of carbonyl (C=O) groups is 4. The number of imidazole rings is 1. The summed E-state index contributed by atoms with van der Waals surface area (Å²) >= 11 is 0. The van der Waals surface area contributed by atoms with Crippen LogP contribution in [0.15, 0.2) is 59.6 Å². The molecule has 300 valence electrons. The molecule has 7 rings (SSSR count). The molecule has 1 aromatic carbocycles. The summed E-state index contributed by atoms with van der Waals surface area (Å²) in [5.74, 6) is 7.88. The highest BCUT2D eigenvalue weighted by atomic mass is 16.5. The van der Waals surface area contributed by atoms with E-state index in [4.69, 9.17) is 19.5 Å². The number of fused-ring (bicyclic) bond motifs is 4. The third kappa shape index (κ3) is 8.33. The topological polar surface area (TPSA) is 170 Å². The number of nitrogens with zero attached hydrogens (tertiary/aromatic N) is 4. The van der Waals surface area contributed by atoms with E-state index in [1.54, 1.807) is 11.0 Å². The van der Waals surface area contributed by atoms with Gasteiger partial charge in [-0.3, -0.25) is 14.6 Å². The van der Waals surface area contributed by atoms with Gasteiger partial charge in [-0.2, -0.15) is 0 Å². The van der Waals surface area contributed by atoms with Crippen molar-refractivity contribution in [2.24, 2.45) is 10.9 Å². The number of likely N-dealkylation sites (tertiary alicyclic amines) is 2. The molecule has 2 aromatic rings. The van der Waals surface area contributed by atoms with Gasteiger partial charge in [-0.25, -0.2) is 14.6 Å². The van der Waals surface area contributed by atoms with Crippen molar-refractivity contribution in [2.45, 2.75) is 101 Å². The van der Waals surface area contributed by atoms with Crippen molar-refractivity contribution in [1.82, 2.24) is 35.7 Å². The van der Waals surface area contributed by atoms with Crippen LogP contribution in [0, 0.1) is 17.8 Å². The van der Waals surface area contributed by atoms with Gasteiger partial charge in [-0.05, 0) is 87.1 Å². The molecule has 0 saturated carbocycles. The SMILES string of the molecule is C=CC[C@H](NC(=O)OC)C(=O)N1CCCC1C1=NC2C=CC(C#Cc3ccc4c(c3)CCCc3[nH]c(C5CCCN5C(=O)[C@@H](NC(=O)OC)C(C)C)nc3-4)=CC2N1. The van der Waals surface area contributed by atoms with E-state index in [9.17, 15) is 19.2 Å². The number of allylic oxidation sites excluding steroid dienone is 2. The molecule has 4 N–H and O–H groups in total. The number of ether oxygens (including phenoxy) is 2. The fourth-order valence-electron chi connectivity index (χ4n) is 8.55. The number of amidine groups is 1. The Morgan fingerprint density at radius 2 is 1.72 bits per heavy atom. The number of rotatable bonds is 9. The van der Waals surface area contributed by atoms with Crippen LogP contribution in [0.5, 0.6) is 0 Å². The fraction of sp³-hybridized carbons (Fsp3) is 0.488. The monoisotopic (exact) mass is 776 g/mol. The summed E-state index contributed by atoms with van der Waals surface area (Å²) < 4.78 is 9.53. The van der Waals surface area contributed by atoms with E-state index in [1.165, 1.54) is 19.8 Å². The van der Waals surface area contributed by atoms with Gasteiger partial charge in [0.2, 0.25) is 11.8 Å². The lowest BCUT2D eigenvalue weighted by Gasteiger charge is -2.30. The number of aromatic amines is 1. The molecule has 57 heavy (non-hydrogen) atoms. The average Bonchev–Trinajstić information content (AvgIpc) is 4.03. The predicted molar refractivity (Wildman–Crippen MR) is 215 cm³/mol. The standard InChI is InChI=1S/C43H52N8O6/c1-6-10-32(47-42(54)56-4)40(52)50-21-8-13-34(50)38-44-30-20-18-27(24-33(30)46-38)16-15-26-17-19-29-28(23-26)11-7-12-31-37(29)48-39(45-31)35-14-9-22-51(35)41(53)36(25(2)3)49-43(55)57-5/h6,17-20,23-25,30,32-36H,1,7-14,21-22H2,2-5H3,(H,44,46)(H,45,48)(H,47,54)(H,49,55)/t30?,32-,33?,34?,35?,36-/m0/s1. The molecule has 2 fully saturated rings. The first kappa shape index (κ1) is 39.4. The van der Waals surface area contributed by atoms with Crippen LogP contribution in [-0.4, -0.2) is 107 Å². The number of alkyl carbamates (subject to hydrolysis) is 2. The lowest BCUT2D eigenvalue weighted by molar-refractivity contribution is -0.135. The molecule has 5 aliphatic rings. The summed E-state index contributed by atoms with van der Waals surface area (Å²) in [5, 5.41) is 8.92. The minimum atomic E-state index is -0.754. The van der Waals surface area contributed by atoms with E-state index in [2.05, 4.69) is 63.6 Å². The third-order valence-electron chi connectivity index (χ3n) is 11.5. The first-order valence-electron chi connectivity index (χ1n) is 20.0. The van der Waals surface area contributed by atoms with E-state index >= 15 is 0 Å². The Bertz CT molecular complexity index is 2070. The molecule has 1 aromatic heterocycles. The Balaban J connectivity index is 1.03. The molecule has 4 heterocycles. The third-order valence-corrected chi connectivity index (χ3v) is 11.5. The Kier molecular flexibility index (Phi) is 11.8. The number of carbonyl (C=O) groups excluding carboxylic acids is 4. The van der Waals surface area contributed by atoms with Crippen molar-refractivity contribution < 1.29 is 28.7 Å². The molecule has 4 amide bonds. The highest BCUT2D eigenvalue weighted by Gasteiger charge is 2.41. The average molecular weight is 777 g/mol. The second-order valence-electron chi connectivity index (χ2n) is 15.5. The van der Waals surface area contributed by atoms with E-state index < -0.39 is 24.3 Å². The van der Waals surface area contributed by atoms with Crippen molar-refractivity contribution in [3.8, 4) is 23.1 Å². The molecule has 0 spiro atoms. The van der Waals surface area contributed by atoms with Gasteiger partial charge in [0, 0.05) is 35.5 Å². The van der Waals surface area contributed by atoms with Crippen LogP contribution in [0.3, 0.4) is 0 Å². The highest BCUT2D eigenvalue weighted by molar-refractivity contribution is 5.96. The van der Waals surface area contributed by atoms with Crippen molar-refractivity contribution in [3.05, 3.63) is 77.3 Å². The minimum absolute atomic E-state index is 0.0743. The summed E-state index contributed by atoms with van der Waals surface area (Å²) in [4.78, 5) is 68.5. The van der Waals surface area contributed by atoms with E-state index in [1.807, 2.05) is 30.9 Å². The van der Waals surface area contributed by atoms with Crippen molar-refractivity contribution >= 4 is 29.8 Å². The van der Waals surface area contributed by atoms with Crippen LogP contribution in [0.1, 0.15) is 81.1 Å². The zero-order valence-corrected chi connectivity index (χ0v) is 33.1. The fourth-order valence-corrected chi connectivity index (χ4v) is 8.55. The largest absolute Gasteiger partial charge is 0.453 e. The maximum Gasteiger partial charge on any atom is 0.407 e. The number of aryl methyl sites for hydroxylation is 2. The minimum Gasteiger partial charge on any atom is -0.453 e. The number of methoxy groups -OCH3 is 2. The molecule has 14 heteroatoms. The lowest BCUT2D eigenvalue weighted by Crippen LogP contribution is -2.53. The van der Waals surface area contributed by atoms with Crippen LogP contribution < -0.4 is 16.0 Å². The number of hydrogen-bond acceptors (Lipinski definition) is 9. The molecule has 0 radical (unpaired) electrons. The predicted octanol–water partition coefficient (Wildman–Crippen LogP) is 4.49. The maximum absolute atomic E-state index is 13.7. The summed E-state index contributed by atoms with van der Waals surface area (Å²) in [7, 11) is 2.57.